The molecule has 0 aromatic carbocycles. The average Bonchev–Trinajstić information content (AvgIpc) is 2.72. The summed E-state index contributed by atoms with van der Waals surface area (Å²) in [5.41, 5.74) is -0.581. The lowest BCUT2D eigenvalue weighted by Gasteiger charge is -2.40. The van der Waals surface area contributed by atoms with E-state index >= 15 is 0 Å². The molecule has 1 rings (SSSR count). The first-order valence-corrected chi connectivity index (χ1v) is 8.19. The van der Waals surface area contributed by atoms with Gasteiger partial charge >= 0.3 is 0 Å². The van der Waals surface area contributed by atoms with E-state index in [0.29, 0.717) is 12.3 Å². The molecule has 0 radical (unpaired) electrons. The van der Waals surface area contributed by atoms with Gasteiger partial charge in [-0.25, -0.2) is 0 Å². The van der Waals surface area contributed by atoms with Gasteiger partial charge in [0, 0.05) is 0 Å². The predicted octanol–water partition coefficient (Wildman–Crippen LogP) is 0.799. The van der Waals surface area contributed by atoms with Crippen LogP contribution in [0.3, 0.4) is 0 Å². The van der Waals surface area contributed by atoms with Crippen molar-refractivity contribution in [2.24, 2.45) is 5.92 Å². The van der Waals surface area contributed by atoms with Crippen LogP contribution in [-0.2, 0) is 9.47 Å². The molecule has 0 aromatic heterocycles. The normalized spacial score (nSPS) is 35.0. The van der Waals surface area contributed by atoms with Crippen molar-refractivity contribution in [3.8, 4) is 0 Å². The Morgan fingerprint density at radius 3 is 2.32 bits per heavy atom. The van der Waals surface area contributed by atoms with Crippen LogP contribution >= 0.6 is 0 Å². The van der Waals surface area contributed by atoms with E-state index < -0.39 is 42.9 Å². The highest BCUT2D eigenvalue weighted by molar-refractivity contribution is 4.98. The van der Waals surface area contributed by atoms with Crippen molar-refractivity contribution < 1.29 is 29.9 Å². The second-order valence-corrected chi connectivity index (χ2v) is 6.94. The fourth-order valence-electron chi connectivity index (χ4n) is 2.85. The highest BCUT2D eigenvalue weighted by atomic mass is 16.7. The summed E-state index contributed by atoms with van der Waals surface area (Å²) in [4.78, 5) is 0. The summed E-state index contributed by atoms with van der Waals surface area (Å²) in [6.45, 7) is 7.18. The second-order valence-electron chi connectivity index (χ2n) is 6.94. The quantitative estimate of drug-likeness (QED) is 0.501. The smallest absolute Gasteiger partial charge is 0.222 e. The SMILES string of the molecule is CC[C@@](C)(CCCC(C)C)O[C@@]1(CO)O[C@@H](CO)[C@H](O)[C@H]1O. The number of hydrogen-bond donors (Lipinski definition) is 4. The molecule has 0 aliphatic carbocycles. The molecule has 1 fully saturated rings. The molecule has 6 nitrogen and oxygen atoms in total. The van der Waals surface area contributed by atoms with Crippen molar-refractivity contribution in [2.45, 2.75) is 83.1 Å². The van der Waals surface area contributed by atoms with Gasteiger partial charge in [0.2, 0.25) is 5.79 Å². The van der Waals surface area contributed by atoms with Gasteiger partial charge in [-0.1, -0.05) is 33.6 Å². The number of aliphatic hydroxyl groups excluding tert-OH is 4. The molecule has 0 amide bonds. The fourth-order valence-corrected chi connectivity index (χ4v) is 2.85. The van der Waals surface area contributed by atoms with Crippen LogP contribution in [0, 0.1) is 5.92 Å². The van der Waals surface area contributed by atoms with Crippen molar-refractivity contribution in [1.29, 1.82) is 0 Å². The molecule has 1 aliphatic rings. The van der Waals surface area contributed by atoms with Crippen LogP contribution < -0.4 is 0 Å². The molecule has 6 heteroatoms. The second kappa shape index (κ2) is 8.04. The molecule has 0 spiro atoms. The van der Waals surface area contributed by atoms with Crippen LogP contribution in [0.5, 0.6) is 0 Å². The summed E-state index contributed by atoms with van der Waals surface area (Å²) < 4.78 is 11.5. The van der Waals surface area contributed by atoms with Gasteiger partial charge in [0.05, 0.1) is 12.2 Å². The average molecular weight is 320 g/mol. The van der Waals surface area contributed by atoms with Gasteiger partial charge in [-0.2, -0.15) is 0 Å². The molecule has 0 aromatic rings. The molecule has 132 valence electrons. The van der Waals surface area contributed by atoms with Crippen LogP contribution in [-0.4, -0.2) is 63.3 Å². The Bertz CT molecular complexity index is 337. The van der Waals surface area contributed by atoms with Crippen molar-refractivity contribution in [3.05, 3.63) is 0 Å². The molecule has 0 bridgehead atoms. The minimum atomic E-state index is -1.69. The molecule has 0 saturated carbocycles. The summed E-state index contributed by atoms with van der Waals surface area (Å²) in [6.07, 6.45) is -0.164. The van der Waals surface area contributed by atoms with Gasteiger partial charge in [-0.05, 0) is 25.7 Å². The van der Waals surface area contributed by atoms with E-state index in [0.717, 1.165) is 19.3 Å². The molecule has 5 atom stereocenters. The van der Waals surface area contributed by atoms with E-state index in [1.54, 1.807) is 0 Å². The summed E-state index contributed by atoms with van der Waals surface area (Å²) in [6, 6.07) is 0. The third kappa shape index (κ3) is 4.40. The van der Waals surface area contributed by atoms with Crippen molar-refractivity contribution in [3.63, 3.8) is 0 Å². The maximum atomic E-state index is 10.2. The van der Waals surface area contributed by atoms with Crippen molar-refractivity contribution in [2.75, 3.05) is 13.2 Å². The first-order chi connectivity index (χ1) is 10.2. The Morgan fingerprint density at radius 2 is 1.91 bits per heavy atom. The Morgan fingerprint density at radius 1 is 1.27 bits per heavy atom. The molecule has 1 aliphatic heterocycles. The van der Waals surface area contributed by atoms with Crippen LogP contribution in [0.1, 0.15) is 53.4 Å². The summed E-state index contributed by atoms with van der Waals surface area (Å²) in [7, 11) is 0. The summed E-state index contributed by atoms with van der Waals surface area (Å²) >= 11 is 0. The van der Waals surface area contributed by atoms with Gasteiger partial charge < -0.3 is 29.9 Å². The Kier molecular flexibility index (Phi) is 7.23. The zero-order chi connectivity index (χ0) is 17.0. The topological polar surface area (TPSA) is 99.4 Å². The van der Waals surface area contributed by atoms with Gasteiger partial charge in [0.1, 0.15) is 24.9 Å². The number of hydrogen-bond acceptors (Lipinski definition) is 6. The van der Waals surface area contributed by atoms with E-state index in [-0.39, 0.29) is 0 Å². The van der Waals surface area contributed by atoms with Crippen LogP contribution in [0.15, 0.2) is 0 Å². The monoisotopic (exact) mass is 320 g/mol. The molecular weight excluding hydrogens is 288 g/mol. The van der Waals surface area contributed by atoms with Crippen molar-refractivity contribution in [1.82, 2.24) is 0 Å². The number of ether oxygens (including phenoxy) is 2. The minimum absolute atomic E-state index is 0.445. The maximum Gasteiger partial charge on any atom is 0.222 e. The molecule has 0 unspecified atom stereocenters. The largest absolute Gasteiger partial charge is 0.394 e. The van der Waals surface area contributed by atoms with Crippen LogP contribution in [0.2, 0.25) is 0 Å². The van der Waals surface area contributed by atoms with Crippen LogP contribution in [0.25, 0.3) is 0 Å². The Balaban J connectivity index is 2.81. The molecular formula is C16H32O6. The predicted molar refractivity (Wildman–Crippen MR) is 82.3 cm³/mol. The van der Waals surface area contributed by atoms with E-state index in [2.05, 4.69) is 13.8 Å². The molecule has 1 heterocycles. The van der Waals surface area contributed by atoms with Gasteiger partial charge in [-0.15, -0.1) is 0 Å². The molecule has 22 heavy (non-hydrogen) atoms. The lowest BCUT2D eigenvalue weighted by Crippen LogP contribution is -2.53. The van der Waals surface area contributed by atoms with Gasteiger partial charge in [0.15, 0.2) is 0 Å². The highest BCUT2D eigenvalue weighted by Crippen LogP contribution is 2.38. The summed E-state index contributed by atoms with van der Waals surface area (Å²) in [5.74, 6) is -1.09. The first kappa shape index (κ1) is 19.8. The lowest BCUT2D eigenvalue weighted by atomic mass is 9.92. The number of aliphatic hydroxyl groups is 4. The maximum absolute atomic E-state index is 10.2. The zero-order valence-corrected chi connectivity index (χ0v) is 14.2. The Labute approximate surface area is 133 Å². The third-order valence-electron chi connectivity index (χ3n) is 4.56. The van der Waals surface area contributed by atoms with E-state index in [4.69, 9.17) is 9.47 Å². The summed E-state index contributed by atoms with van der Waals surface area (Å²) in [5, 5.41) is 39.0. The van der Waals surface area contributed by atoms with Gasteiger partial charge in [-0.3, -0.25) is 0 Å². The fraction of sp³-hybridized carbons (Fsp3) is 1.00. The van der Waals surface area contributed by atoms with E-state index in [9.17, 15) is 20.4 Å². The van der Waals surface area contributed by atoms with E-state index in [1.165, 1.54) is 0 Å². The lowest BCUT2D eigenvalue weighted by molar-refractivity contribution is -0.318. The minimum Gasteiger partial charge on any atom is -0.394 e. The third-order valence-corrected chi connectivity index (χ3v) is 4.56. The number of rotatable bonds is 9. The first-order valence-electron chi connectivity index (χ1n) is 8.19. The standard InChI is InChI=1S/C16H32O6/c1-5-15(4,8-6-7-11(2)3)22-16(10-18)14(20)13(19)12(9-17)21-16/h11-14,17-20H,5-10H2,1-4H3/t12-,13-,14+,15-,16+/m0/s1. The van der Waals surface area contributed by atoms with Gasteiger partial charge in [0.25, 0.3) is 0 Å². The van der Waals surface area contributed by atoms with E-state index in [1.807, 2.05) is 13.8 Å². The molecule has 4 N–H and O–H groups in total. The van der Waals surface area contributed by atoms with Crippen molar-refractivity contribution >= 4 is 0 Å². The Hall–Kier alpha value is -0.240. The molecule has 1 saturated heterocycles. The highest BCUT2D eigenvalue weighted by Gasteiger charge is 2.57. The van der Waals surface area contributed by atoms with Crippen LogP contribution in [0.4, 0.5) is 0 Å². The zero-order valence-electron chi connectivity index (χ0n) is 14.2.